The van der Waals surface area contributed by atoms with E-state index in [0.717, 1.165) is 17.0 Å². The molecule has 4 nitrogen and oxygen atoms in total. The molecule has 2 aromatic carbocycles. The summed E-state index contributed by atoms with van der Waals surface area (Å²) in [6.07, 6.45) is 1.37. The smallest absolute Gasteiger partial charge is 0.145 e. The SMILES string of the molecule is N#CC(C#N)=CNc1ccc(OCc2ccccc2)cc1. The van der Waals surface area contributed by atoms with E-state index in [-0.39, 0.29) is 5.57 Å². The van der Waals surface area contributed by atoms with E-state index in [9.17, 15) is 0 Å². The molecule has 2 rings (SSSR count). The van der Waals surface area contributed by atoms with Crippen LogP contribution in [0.3, 0.4) is 0 Å². The molecule has 0 heterocycles. The molecule has 0 atom stereocenters. The fraction of sp³-hybridized carbons (Fsp3) is 0.0588. The van der Waals surface area contributed by atoms with Crippen molar-refractivity contribution in [3.05, 3.63) is 71.9 Å². The van der Waals surface area contributed by atoms with Crippen molar-refractivity contribution in [2.24, 2.45) is 0 Å². The fourth-order valence-corrected chi connectivity index (χ4v) is 1.63. The lowest BCUT2D eigenvalue weighted by atomic mass is 10.2. The molecule has 0 aromatic heterocycles. The Morgan fingerprint density at radius 2 is 1.67 bits per heavy atom. The fourth-order valence-electron chi connectivity index (χ4n) is 1.63. The first kappa shape index (κ1) is 14.2. The zero-order valence-electron chi connectivity index (χ0n) is 11.3. The normalized spacial score (nSPS) is 9.05. The summed E-state index contributed by atoms with van der Waals surface area (Å²) in [4.78, 5) is 0. The number of hydrogen-bond acceptors (Lipinski definition) is 4. The summed E-state index contributed by atoms with van der Waals surface area (Å²) >= 11 is 0. The molecule has 0 bridgehead atoms. The van der Waals surface area contributed by atoms with E-state index < -0.39 is 0 Å². The van der Waals surface area contributed by atoms with Gasteiger partial charge in [-0.05, 0) is 29.8 Å². The van der Waals surface area contributed by atoms with E-state index >= 15 is 0 Å². The van der Waals surface area contributed by atoms with Crippen LogP contribution in [0.25, 0.3) is 0 Å². The molecule has 0 saturated heterocycles. The Morgan fingerprint density at radius 1 is 1.00 bits per heavy atom. The van der Waals surface area contributed by atoms with Crippen LogP contribution in [-0.4, -0.2) is 0 Å². The van der Waals surface area contributed by atoms with Crippen molar-refractivity contribution in [2.45, 2.75) is 6.61 Å². The van der Waals surface area contributed by atoms with Crippen LogP contribution in [0.4, 0.5) is 5.69 Å². The molecule has 0 saturated carbocycles. The Morgan fingerprint density at radius 3 is 2.29 bits per heavy atom. The third-order valence-corrected chi connectivity index (χ3v) is 2.73. The summed E-state index contributed by atoms with van der Waals surface area (Å²) in [7, 11) is 0. The average molecular weight is 275 g/mol. The van der Waals surface area contributed by atoms with Crippen LogP contribution in [0.15, 0.2) is 66.4 Å². The average Bonchev–Trinajstić information content (AvgIpc) is 2.56. The lowest BCUT2D eigenvalue weighted by Crippen LogP contribution is -1.95. The second kappa shape index (κ2) is 7.37. The van der Waals surface area contributed by atoms with Crippen molar-refractivity contribution in [3.63, 3.8) is 0 Å². The minimum atomic E-state index is 0.0272. The van der Waals surface area contributed by atoms with Gasteiger partial charge in [0, 0.05) is 11.9 Å². The van der Waals surface area contributed by atoms with Crippen molar-refractivity contribution >= 4 is 5.69 Å². The zero-order valence-corrected chi connectivity index (χ0v) is 11.3. The van der Waals surface area contributed by atoms with Gasteiger partial charge in [-0.3, -0.25) is 0 Å². The Hall–Kier alpha value is -3.24. The Balaban J connectivity index is 1.92. The highest BCUT2D eigenvalue weighted by Crippen LogP contribution is 2.17. The molecule has 102 valence electrons. The van der Waals surface area contributed by atoms with Crippen LogP contribution in [0.1, 0.15) is 5.56 Å². The van der Waals surface area contributed by atoms with Gasteiger partial charge in [0.1, 0.15) is 30.1 Å². The van der Waals surface area contributed by atoms with Crippen LogP contribution in [0.2, 0.25) is 0 Å². The third kappa shape index (κ3) is 4.41. The van der Waals surface area contributed by atoms with Gasteiger partial charge < -0.3 is 10.1 Å². The molecule has 1 N–H and O–H groups in total. The Kier molecular flexibility index (Phi) is 4.98. The first-order valence-electron chi connectivity index (χ1n) is 6.35. The van der Waals surface area contributed by atoms with Gasteiger partial charge in [0.15, 0.2) is 0 Å². The molecule has 0 unspecified atom stereocenters. The summed E-state index contributed by atoms with van der Waals surface area (Å²) in [6, 6.07) is 20.8. The summed E-state index contributed by atoms with van der Waals surface area (Å²) < 4.78 is 5.67. The summed E-state index contributed by atoms with van der Waals surface area (Å²) in [6.45, 7) is 0.514. The van der Waals surface area contributed by atoms with Gasteiger partial charge in [-0.2, -0.15) is 10.5 Å². The van der Waals surface area contributed by atoms with Gasteiger partial charge in [-0.25, -0.2) is 0 Å². The minimum absolute atomic E-state index is 0.0272. The van der Waals surface area contributed by atoms with E-state index in [2.05, 4.69) is 5.32 Å². The molecular formula is C17H13N3O. The summed E-state index contributed by atoms with van der Waals surface area (Å²) in [5, 5.41) is 20.1. The summed E-state index contributed by atoms with van der Waals surface area (Å²) in [5.74, 6) is 0.758. The first-order valence-corrected chi connectivity index (χ1v) is 6.35. The molecule has 0 spiro atoms. The van der Waals surface area contributed by atoms with Crippen LogP contribution in [0, 0.1) is 22.7 Å². The molecule has 0 aliphatic carbocycles. The van der Waals surface area contributed by atoms with Gasteiger partial charge in [0.25, 0.3) is 0 Å². The molecule has 0 aliphatic heterocycles. The number of anilines is 1. The van der Waals surface area contributed by atoms with Gasteiger partial charge in [0.2, 0.25) is 0 Å². The molecule has 0 radical (unpaired) electrons. The highest BCUT2D eigenvalue weighted by atomic mass is 16.5. The number of benzene rings is 2. The van der Waals surface area contributed by atoms with E-state index in [4.69, 9.17) is 15.3 Å². The second-order valence-corrected chi connectivity index (χ2v) is 4.22. The molecule has 4 heteroatoms. The van der Waals surface area contributed by atoms with Crippen molar-refractivity contribution in [1.82, 2.24) is 0 Å². The van der Waals surface area contributed by atoms with Crippen molar-refractivity contribution in [1.29, 1.82) is 10.5 Å². The third-order valence-electron chi connectivity index (χ3n) is 2.73. The standard InChI is InChI=1S/C17H13N3O/c18-10-15(11-19)12-20-16-6-8-17(9-7-16)21-13-14-4-2-1-3-5-14/h1-9,12,20H,13H2. The minimum Gasteiger partial charge on any atom is -0.489 e. The second-order valence-electron chi connectivity index (χ2n) is 4.22. The van der Waals surface area contributed by atoms with Crippen LogP contribution >= 0.6 is 0 Å². The topological polar surface area (TPSA) is 68.8 Å². The number of rotatable bonds is 5. The predicted molar refractivity (Wildman–Crippen MR) is 80.1 cm³/mol. The zero-order chi connectivity index (χ0) is 14.9. The Bertz CT molecular complexity index is 676. The van der Waals surface area contributed by atoms with Crippen molar-refractivity contribution in [3.8, 4) is 17.9 Å². The monoisotopic (exact) mass is 275 g/mol. The van der Waals surface area contributed by atoms with Crippen LogP contribution in [0.5, 0.6) is 5.75 Å². The van der Waals surface area contributed by atoms with E-state index in [1.165, 1.54) is 6.20 Å². The van der Waals surface area contributed by atoms with Gasteiger partial charge in [-0.15, -0.1) is 0 Å². The molecule has 0 fully saturated rings. The number of nitrogens with one attached hydrogen (secondary N) is 1. The van der Waals surface area contributed by atoms with Crippen LogP contribution in [-0.2, 0) is 6.61 Å². The van der Waals surface area contributed by atoms with Gasteiger partial charge in [0.05, 0.1) is 0 Å². The maximum absolute atomic E-state index is 8.63. The maximum Gasteiger partial charge on any atom is 0.145 e. The molecule has 0 amide bonds. The lowest BCUT2D eigenvalue weighted by Gasteiger charge is -2.07. The molecule has 2 aromatic rings. The predicted octanol–water partition coefficient (Wildman–Crippen LogP) is 3.61. The van der Waals surface area contributed by atoms with Crippen molar-refractivity contribution < 1.29 is 4.74 Å². The number of allylic oxidation sites excluding steroid dienone is 1. The first-order chi connectivity index (χ1) is 10.3. The maximum atomic E-state index is 8.63. The summed E-state index contributed by atoms with van der Waals surface area (Å²) in [5.41, 5.74) is 1.92. The van der Waals surface area contributed by atoms with Crippen LogP contribution < -0.4 is 10.1 Å². The molecule has 0 aliphatic rings. The van der Waals surface area contributed by atoms with E-state index in [0.29, 0.717) is 6.61 Å². The van der Waals surface area contributed by atoms with Gasteiger partial charge >= 0.3 is 0 Å². The number of nitrogens with zero attached hydrogens (tertiary/aromatic N) is 2. The Labute approximate surface area is 123 Å². The number of nitriles is 2. The highest BCUT2D eigenvalue weighted by Gasteiger charge is 1.97. The van der Waals surface area contributed by atoms with Gasteiger partial charge in [-0.1, -0.05) is 30.3 Å². The number of ether oxygens (including phenoxy) is 1. The largest absolute Gasteiger partial charge is 0.489 e. The molecular weight excluding hydrogens is 262 g/mol. The lowest BCUT2D eigenvalue weighted by molar-refractivity contribution is 0.306. The van der Waals surface area contributed by atoms with E-state index in [1.54, 1.807) is 12.1 Å². The number of hydrogen-bond donors (Lipinski definition) is 1. The quantitative estimate of drug-likeness (QED) is 0.846. The van der Waals surface area contributed by atoms with E-state index in [1.807, 2.05) is 54.6 Å². The van der Waals surface area contributed by atoms with Crippen molar-refractivity contribution in [2.75, 3.05) is 5.32 Å². The highest BCUT2D eigenvalue weighted by molar-refractivity contribution is 5.51. The molecule has 21 heavy (non-hydrogen) atoms.